The number of hydrogen-bond donors (Lipinski definition) is 2. The Kier molecular flexibility index (Phi) is 3.32. The summed E-state index contributed by atoms with van der Waals surface area (Å²) in [6.45, 7) is 5.97. The molecule has 1 aromatic rings. The van der Waals surface area contributed by atoms with Gasteiger partial charge >= 0.3 is 0 Å². The quantitative estimate of drug-likeness (QED) is 0.587. The Morgan fingerprint density at radius 1 is 1.12 bits per heavy atom. The lowest BCUT2D eigenvalue weighted by Crippen LogP contribution is -2.28. The zero-order valence-corrected chi connectivity index (χ0v) is 9.82. The molecule has 4 heteroatoms. The van der Waals surface area contributed by atoms with Crippen LogP contribution in [0.4, 0.5) is 5.69 Å². The van der Waals surface area contributed by atoms with E-state index in [0.717, 1.165) is 5.69 Å². The molecule has 4 N–H and O–H groups in total. The molecule has 0 bridgehead atoms. The third-order valence-electron chi connectivity index (χ3n) is 2.17. The Morgan fingerprint density at radius 2 is 1.62 bits per heavy atom. The highest BCUT2D eigenvalue weighted by molar-refractivity contribution is 5.93. The average molecular weight is 219 g/mol. The minimum absolute atomic E-state index is 0.164. The lowest BCUT2D eigenvalue weighted by Gasteiger charge is -2.17. The van der Waals surface area contributed by atoms with E-state index < -0.39 is 5.91 Å². The molecule has 0 aromatic heterocycles. The maximum Gasteiger partial charge on any atom is 0.248 e. The number of nitrogens with two attached hydrogens (primary N) is 2. The van der Waals surface area contributed by atoms with Crippen molar-refractivity contribution in [2.45, 2.75) is 20.8 Å². The summed E-state index contributed by atoms with van der Waals surface area (Å²) in [6.07, 6.45) is 0. The molecule has 0 heterocycles. The van der Waals surface area contributed by atoms with Crippen LogP contribution in [0.2, 0.25) is 0 Å². The van der Waals surface area contributed by atoms with Crippen LogP contribution in [-0.2, 0) is 0 Å². The molecular weight excluding hydrogens is 202 g/mol. The monoisotopic (exact) mass is 219 g/mol. The van der Waals surface area contributed by atoms with Crippen molar-refractivity contribution in [3.05, 3.63) is 29.8 Å². The van der Waals surface area contributed by atoms with Crippen molar-refractivity contribution in [3.8, 4) is 0 Å². The number of aliphatic imine (C=N–C) groups is 1. The first kappa shape index (κ1) is 12.2. The zero-order chi connectivity index (χ0) is 12.3. The van der Waals surface area contributed by atoms with Gasteiger partial charge in [-0.15, -0.1) is 0 Å². The Bertz CT molecular complexity index is 413. The van der Waals surface area contributed by atoms with Gasteiger partial charge in [-0.3, -0.25) is 4.79 Å². The maximum absolute atomic E-state index is 10.9. The summed E-state index contributed by atoms with van der Waals surface area (Å²) < 4.78 is 0. The van der Waals surface area contributed by atoms with E-state index in [0.29, 0.717) is 11.4 Å². The van der Waals surface area contributed by atoms with E-state index in [1.54, 1.807) is 24.3 Å². The van der Waals surface area contributed by atoms with E-state index in [1.807, 2.05) is 20.8 Å². The van der Waals surface area contributed by atoms with E-state index in [9.17, 15) is 4.79 Å². The molecule has 0 radical (unpaired) electrons. The minimum atomic E-state index is -0.445. The largest absolute Gasteiger partial charge is 0.387 e. The summed E-state index contributed by atoms with van der Waals surface area (Å²) in [5.41, 5.74) is 12.0. The molecule has 0 aliphatic carbocycles. The van der Waals surface area contributed by atoms with Gasteiger partial charge in [-0.05, 0) is 24.3 Å². The summed E-state index contributed by atoms with van der Waals surface area (Å²) in [7, 11) is 0. The highest BCUT2D eigenvalue weighted by atomic mass is 16.1. The van der Waals surface area contributed by atoms with Crippen molar-refractivity contribution in [1.82, 2.24) is 0 Å². The SMILES string of the molecule is CC(C)(C)C(N)=Nc1ccc(C(N)=O)cc1. The fourth-order valence-electron chi connectivity index (χ4n) is 1.01. The molecule has 0 aliphatic rings. The van der Waals surface area contributed by atoms with E-state index in [-0.39, 0.29) is 5.41 Å². The van der Waals surface area contributed by atoms with Crippen LogP contribution >= 0.6 is 0 Å². The summed E-state index contributed by atoms with van der Waals surface area (Å²) in [5, 5.41) is 0. The molecule has 1 aromatic carbocycles. The van der Waals surface area contributed by atoms with Crippen LogP contribution in [0.15, 0.2) is 29.3 Å². The van der Waals surface area contributed by atoms with Crippen LogP contribution in [-0.4, -0.2) is 11.7 Å². The summed E-state index contributed by atoms with van der Waals surface area (Å²) >= 11 is 0. The van der Waals surface area contributed by atoms with Gasteiger partial charge in [-0.1, -0.05) is 20.8 Å². The average Bonchev–Trinajstić information content (AvgIpc) is 2.17. The third kappa shape index (κ3) is 3.08. The molecule has 0 fully saturated rings. The standard InChI is InChI=1S/C12H17N3O/c1-12(2,3)11(14)15-9-6-4-8(5-7-9)10(13)16/h4-7H,1-3H3,(H2,13,16)(H2,14,15). The molecule has 0 saturated heterocycles. The number of amidine groups is 1. The lowest BCUT2D eigenvalue weighted by molar-refractivity contribution is 0.100. The van der Waals surface area contributed by atoms with Crippen molar-refractivity contribution in [1.29, 1.82) is 0 Å². The van der Waals surface area contributed by atoms with Crippen LogP contribution in [0.25, 0.3) is 0 Å². The molecule has 86 valence electrons. The second-order valence-electron chi connectivity index (χ2n) is 4.66. The normalized spacial score (nSPS) is 12.6. The highest BCUT2D eigenvalue weighted by Gasteiger charge is 2.15. The van der Waals surface area contributed by atoms with Crippen LogP contribution in [0.5, 0.6) is 0 Å². The van der Waals surface area contributed by atoms with Gasteiger partial charge in [0.05, 0.1) is 5.69 Å². The predicted molar refractivity (Wildman–Crippen MR) is 65.7 cm³/mol. The Hall–Kier alpha value is -1.84. The van der Waals surface area contributed by atoms with E-state index in [4.69, 9.17) is 11.5 Å². The van der Waals surface area contributed by atoms with Crippen molar-refractivity contribution in [2.75, 3.05) is 0 Å². The van der Waals surface area contributed by atoms with Gasteiger partial charge in [0.15, 0.2) is 0 Å². The van der Waals surface area contributed by atoms with Crippen LogP contribution in [0, 0.1) is 5.41 Å². The smallest absolute Gasteiger partial charge is 0.248 e. The first-order chi connectivity index (χ1) is 7.30. The number of nitrogens with zero attached hydrogens (tertiary/aromatic N) is 1. The van der Waals surface area contributed by atoms with E-state index in [2.05, 4.69) is 4.99 Å². The number of hydrogen-bond acceptors (Lipinski definition) is 2. The number of primary amides is 1. The van der Waals surface area contributed by atoms with Crippen molar-refractivity contribution in [2.24, 2.45) is 21.9 Å². The van der Waals surface area contributed by atoms with E-state index in [1.165, 1.54) is 0 Å². The maximum atomic E-state index is 10.9. The first-order valence-electron chi connectivity index (χ1n) is 5.05. The van der Waals surface area contributed by atoms with Gasteiger partial charge in [-0.25, -0.2) is 4.99 Å². The van der Waals surface area contributed by atoms with Crippen molar-refractivity contribution >= 4 is 17.4 Å². The minimum Gasteiger partial charge on any atom is -0.387 e. The molecule has 0 aliphatic heterocycles. The van der Waals surface area contributed by atoms with Gasteiger partial charge in [0, 0.05) is 11.0 Å². The molecule has 0 unspecified atom stereocenters. The van der Waals surface area contributed by atoms with Gasteiger partial charge in [0.25, 0.3) is 0 Å². The van der Waals surface area contributed by atoms with Crippen molar-refractivity contribution in [3.63, 3.8) is 0 Å². The summed E-state index contributed by atoms with van der Waals surface area (Å²) in [6, 6.07) is 6.71. The third-order valence-corrected chi connectivity index (χ3v) is 2.17. The summed E-state index contributed by atoms with van der Waals surface area (Å²) in [4.78, 5) is 15.1. The lowest BCUT2D eigenvalue weighted by atomic mass is 9.95. The summed E-state index contributed by atoms with van der Waals surface area (Å²) in [5.74, 6) is 0.110. The molecule has 1 rings (SSSR count). The fraction of sp³-hybridized carbons (Fsp3) is 0.333. The van der Waals surface area contributed by atoms with Gasteiger partial charge in [0.1, 0.15) is 5.84 Å². The topological polar surface area (TPSA) is 81.5 Å². The zero-order valence-electron chi connectivity index (χ0n) is 9.82. The fourth-order valence-corrected chi connectivity index (χ4v) is 1.01. The molecule has 1 amide bonds. The Morgan fingerprint density at radius 3 is 2.00 bits per heavy atom. The van der Waals surface area contributed by atoms with Crippen molar-refractivity contribution < 1.29 is 4.79 Å². The molecule has 0 spiro atoms. The first-order valence-corrected chi connectivity index (χ1v) is 5.05. The molecule has 4 nitrogen and oxygen atoms in total. The number of carbonyl (C=O) groups excluding carboxylic acids is 1. The second kappa shape index (κ2) is 4.35. The molecule has 16 heavy (non-hydrogen) atoms. The number of carbonyl (C=O) groups is 1. The van der Waals surface area contributed by atoms with Crippen LogP contribution in [0.1, 0.15) is 31.1 Å². The Balaban J connectivity index is 2.96. The van der Waals surface area contributed by atoms with Crippen LogP contribution in [0.3, 0.4) is 0 Å². The van der Waals surface area contributed by atoms with Crippen LogP contribution < -0.4 is 11.5 Å². The van der Waals surface area contributed by atoms with Gasteiger partial charge in [-0.2, -0.15) is 0 Å². The predicted octanol–water partition coefficient (Wildman–Crippen LogP) is 1.82. The number of amides is 1. The van der Waals surface area contributed by atoms with E-state index >= 15 is 0 Å². The molecular formula is C12H17N3O. The number of rotatable bonds is 2. The highest BCUT2D eigenvalue weighted by Crippen LogP contribution is 2.18. The molecule has 0 atom stereocenters. The van der Waals surface area contributed by atoms with Gasteiger partial charge < -0.3 is 11.5 Å². The Labute approximate surface area is 95.4 Å². The van der Waals surface area contributed by atoms with Gasteiger partial charge in [0.2, 0.25) is 5.91 Å². The second-order valence-corrected chi connectivity index (χ2v) is 4.66. The molecule has 0 saturated carbocycles. The number of benzene rings is 1.